The minimum absolute atomic E-state index is 0.103. The molecule has 3 N–H and O–H groups in total. The molecule has 0 saturated heterocycles. The minimum atomic E-state index is -1.02. The van der Waals surface area contributed by atoms with E-state index in [1.165, 1.54) is 0 Å². The molecular weight excluding hydrogens is 240 g/mol. The van der Waals surface area contributed by atoms with Gasteiger partial charge >= 0.3 is 0 Å². The summed E-state index contributed by atoms with van der Waals surface area (Å²) < 4.78 is 0. The van der Waals surface area contributed by atoms with Crippen LogP contribution in [0.5, 0.6) is 0 Å². The molecule has 2 amide bonds. The summed E-state index contributed by atoms with van der Waals surface area (Å²) in [5.74, 6) is -0.628. The number of hydrogen-bond donors (Lipinski definition) is 2. The standard InChI is InChI=1S/C15H20N2O2/c1-14(2,12(16)18)17-13(19)15(9-6-10-15)11-7-4-3-5-8-11/h3-5,7-8H,6,9-10H2,1-2H3,(H2,16,18)(H,17,19). The van der Waals surface area contributed by atoms with Gasteiger partial charge in [0.1, 0.15) is 5.54 Å². The van der Waals surface area contributed by atoms with Crippen molar-refractivity contribution >= 4 is 11.8 Å². The first-order chi connectivity index (χ1) is 8.88. The van der Waals surface area contributed by atoms with Crippen LogP contribution in [0.2, 0.25) is 0 Å². The summed E-state index contributed by atoms with van der Waals surface area (Å²) in [7, 11) is 0. The molecule has 0 atom stereocenters. The maximum absolute atomic E-state index is 12.5. The minimum Gasteiger partial charge on any atom is -0.368 e. The van der Waals surface area contributed by atoms with Gasteiger partial charge in [0, 0.05) is 0 Å². The van der Waals surface area contributed by atoms with Crippen molar-refractivity contribution in [3.63, 3.8) is 0 Å². The van der Waals surface area contributed by atoms with Gasteiger partial charge in [0.2, 0.25) is 11.8 Å². The van der Waals surface area contributed by atoms with E-state index in [2.05, 4.69) is 5.32 Å². The highest BCUT2D eigenvalue weighted by Crippen LogP contribution is 2.44. The highest BCUT2D eigenvalue weighted by atomic mass is 16.2. The van der Waals surface area contributed by atoms with Crippen LogP contribution < -0.4 is 11.1 Å². The molecule has 102 valence electrons. The number of nitrogens with one attached hydrogen (secondary N) is 1. The first-order valence-electron chi connectivity index (χ1n) is 6.56. The van der Waals surface area contributed by atoms with Crippen molar-refractivity contribution in [1.29, 1.82) is 0 Å². The fraction of sp³-hybridized carbons (Fsp3) is 0.467. The third-order valence-electron chi connectivity index (χ3n) is 4.01. The Labute approximate surface area is 113 Å². The van der Waals surface area contributed by atoms with Gasteiger partial charge in [-0.25, -0.2) is 0 Å². The largest absolute Gasteiger partial charge is 0.368 e. The Morgan fingerprint density at radius 3 is 2.21 bits per heavy atom. The summed E-state index contributed by atoms with van der Waals surface area (Å²) in [5, 5.41) is 2.78. The summed E-state index contributed by atoms with van der Waals surface area (Å²) in [6.45, 7) is 3.26. The quantitative estimate of drug-likeness (QED) is 0.861. The molecule has 4 heteroatoms. The molecule has 19 heavy (non-hydrogen) atoms. The van der Waals surface area contributed by atoms with Gasteiger partial charge in [0.15, 0.2) is 0 Å². The molecule has 0 aliphatic heterocycles. The van der Waals surface area contributed by atoms with Crippen LogP contribution in [0.3, 0.4) is 0 Å². The normalized spacial score (nSPS) is 17.4. The van der Waals surface area contributed by atoms with E-state index in [0.717, 1.165) is 24.8 Å². The maximum atomic E-state index is 12.5. The number of nitrogens with two attached hydrogens (primary N) is 1. The maximum Gasteiger partial charge on any atom is 0.242 e. The molecule has 0 bridgehead atoms. The van der Waals surface area contributed by atoms with Crippen LogP contribution in [-0.4, -0.2) is 17.4 Å². The van der Waals surface area contributed by atoms with Gasteiger partial charge in [-0.05, 0) is 32.3 Å². The SMILES string of the molecule is CC(C)(NC(=O)C1(c2ccccc2)CCC1)C(N)=O. The highest BCUT2D eigenvalue weighted by Gasteiger charge is 2.47. The third kappa shape index (κ3) is 2.35. The fourth-order valence-electron chi connectivity index (χ4n) is 2.40. The molecule has 0 unspecified atom stereocenters. The number of carbonyl (C=O) groups excluding carboxylic acids is 2. The second kappa shape index (κ2) is 4.68. The lowest BCUT2D eigenvalue weighted by atomic mass is 9.63. The zero-order valence-corrected chi connectivity index (χ0v) is 11.4. The molecule has 4 nitrogen and oxygen atoms in total. The first kappa shape index (κ1) is 13.6. The van der Waals surface area contributed by atoms with E-state index in [0.29, 0.717) is 0 Å². The van der Waals surface area contributed by atoms with Crippen LogP contribution in [0.4, 0.5) is 0 Å². The lowest BCUT2D eigenvalue weighted by Crippen LogP contribution is -2.59. The molecule has 1 aromatic carbocycles. The van der Waals surface area contributed by atoms with Gasteiger partial charge in [-0.1, -0.05) is 36.8 Å². The van der Waals surface area contributed by atoms with Gasteiger partial charge in [-0.2, -0.15) is 0 Å². The molecule has 0 spiro atoms. The average Bonchev–Trinajstić information content (AvgIpc) is 2.28. The van der Waals surface area contributed by atoms with Crippen LogP contribution in [0.1, 0.15) is 38.7 Å². The summed E-state index contributed by atoms with van der Waals surface area (Å²) >= 11 is 0. The number of carbonyl (C=O) groups is 2. The highest BCUT2D eigenvalue weighted by molar-refractivity contribution is 5.95. The number of rotatable bonds is 4. The summed E-state index contributed by atoms with van der Waals surface area (Å²) in [6, 6.07) is 9.73. The third-order valence-corrected chi connectivity index (χ3v) is 4.01. The van der Waals surface area contributed by atoms with Gasteiger partial charge in [-0.3, -0.25) is 9.59 Å². The van der Waals surface area contributed by atoms with E-state index in [1.54, 1.807) is 13.8 Å². The number of primary amides is 1. The fourth-order valence-corrected chi connectivity index (χ4v) is 2.40. The van der Waals surface area contributed by atoms with Crippen LogP contribution in [0, 0.1) is 0 Å². The van der Waals surface area contributed by atoms with Gasteiger partial charge < -0.3 is 11.1 Å². The lowest BCUT2D eigenvalue weighted by Gasteiger charge is -2.42. The number of benzene rings is 1. The van der Waals surface area contributed by atoms with Gasteiger partial charge in [0.25, 0.3) is 0 Å². The molecule has 2 rings (SSSR count). The van der Waals surface area contributed by atoms with Crippen LogP contribution >= 0.6 is 0 Å². The first-order valence-corrected chi connectivity index (χ1v) is 6.56. The number of hydrogen-bond acceptors (Lipinski definition) is 2. The molecule has 1 aliphatic carbocycles. The molecule has 0 heterocycles. The van der Waals surface area contributed by atoms with E-state index in [4.69, 9.17) is 5.73 Å². The Morgan fingerprint density at radius 1 is 1.21 bits per heavy atom. The van der Waals surface area contributed by atoms with Crippen molar-refractivity contribution in [2.75, 3.05) is 0 Å². The van der Waals surface area contributed by atoms with Crippen molar-refractivity contribution in [1.82, 2.24) is 5.32 Å². The molecule has 0 aromatic heterocycles. The molecule has 1 saturated carbocycles. The average molecular weight is 260 g/mol. The topological polar surface area (TPSA) is 72.2 Å². The van der Waals surface area contributed by atoms with E-state index in [1.807, 2.05) is 30.3 Å². The van der Waals surface area contributed by atoms with Crippen molar-refractivity contribution in [2.45, 2.75) is 44.1 Å². The molecular formula is C15H20N2O2. The van der Waals surface area contributed by atoms with Crippen LogP contribution in [0.25, 0.3) is 0 Å². The zero-order valence-electron chi connectivity index (χ0n) is 11.4. The predicted molar refractivity (Wildman–Crippen MR) is 73.4 cm³/mol. The molecule has 1 aromatic rings. The van der Waals surface area contributed by atoms with E-state index in [9.17, 15) is 9.59 Å². The Hall–Kier alpha value is -1.84. The van der Waals surface area contributed by atoms with Crippen LogP contribution in [-0.2, 0) is 15.0 Å². The molecule has 1 aliphatic rings. The van der Waals surface area contributed by atoms with Crippen LogP contribution in [0.15, 0.2) is 30.3 Å². The molecule has 1 fully saturated rings. The van der Waals surface area contributed by atoms with Crippen molar-refractivity contribution in [2.24, 2.45) is 5.73 Å². The second-order valence-corrected chi connectivity index (χ2v) is 5.75. The number of amides is 2. The van der Waals surface area contributed by atoms with Crippen molar-refractivity contribution < 1.29 is 9.59 Å². The monoisotopic (exact) mass is 260 g/mol. The van der Waals surface area contributed by atoms with Crippen molar-refractivity contribution in [3.05, 3.63) is 35.9 Å². The molecule has 0 radical (unpaired) electrons. The van der Waals surface area contributed by atoms with E-state index < -0.39 is 16.9 Å². The second-order valence-electron chi connectivity index (χ2n) is 5.75. The van der Waals surface area contributed by atoms with E-state index in [-0.39, 0.29) is 5.91 Å². The van der Waals surface area contributed by atoms with Gasteiger partial charge in [0.05, 0.1) is 5.41 Å². The Morgan fingerprint density at radius 2 is 1.79 bits per heavy atom. The summed E-state index contributed by atoms with van der Waals surface area (Å²) in [5.41, 5.74) is 4.81. The Kier molecular flexibility index (Phi) is 3.35. The zero-order chi connectivity index (χ0) is 14.1. The summed E-state index contributed by atoms with van der Waals surface area (Å²) in [6.07, 6.45) is 2.66. The van der Waals surface area contributed by atoms with Crippen molar-refractivity contribution in [3.8, 4) is 0 Å². The Bertz CT molecular complexity index is 490. The lowest BCUT2D eigenvalue weighted by molar-refractivity contribution is -0.136. The van der Waals surface area contributed by atoms with E-state index >= 15 is 0 Å². The predicted octanol–water partition coefficient (Wildman–Crippen LogP) is 1.49. The summed E-state index contributed by atoms with van der Waals surface area (Å²) in [4.78, 5) is 23.9. The van der Waals surface area contributed by atoms with Gasteiger partial charge in [-0.15, -0.1) is 0 Å². The smallest absolute Gasteiger partial charge is 0.242 e. The Balaban J connectivity index is 2.24.